The van der Waals surface area contributed by atoms with Crippen LogP contribution in [0.25, 0.3) is 11.5 Å². The van der Waals surface area contributed by atoms with Gasteiger partial charge >= 0.3 is 0 Å². The second-order valence-electron chi connectivity index (χ2n) is 4.86. The lowest BCUT2D eigenvalue weighted by molar-refractivity contribution is -0.127. The van der Waals surface area contributed by atoms with Crippen LogP contribution in [0.3, 0.4) is 0 Å². The second-order valence-corrected chi connectivity index (χ2v) is 5.77. The summed E-state index contributed by atoms with van der Waals surface area (Å²) in [6.07, 6.45) is 3.11. The van der Waals surface area contributed by atoms with E-state index < -0.39 is 0 Å². The van der Waals surface area contributed by atoms with Crippen molar-refractivity contribution in [1.29, 1.82) is 0 Å². The van der Waals surface area contributed by atoms with E-state index in [1.807, 2.05) is 24.3 Å². The third kappa shape index (κ3) is 2.90. The van der Waals surface area contributed by atoms with Gasteiger partial charge in [-0.3, -0.25) is 4.79 Å². The molecule has 1 aliphatic rings. The highest BCUT2D eigenvalue weighted by molar-refractivity contribution is 9.10. The van der Waals surface area contributed by atoms with E-state index in [0.29, 0.717) is 11.8 Å². The summed E-state index contributed by atoms with van der Waals surface area (Å²) in [6.45, 7) is 0.288. The molecule has 5 nitrogen and oxygen atoms in total. The van der Waals surface area contributed by atoms with Gasteiger partial charge in [-0.2, -0.15) is 0 Å². The van der Waals surface area contributed by atoms with Crippen molar-refractivity contribution in [2.75, 3.05) is 0 Å². The summed E-state index contributed by atoms with van der Waals surface area (Å²) in [7, 11) is 0. The van der Waals surface area contributed by atoms with Crippen LogP contribution in [-0.2, 0) is 11.3 Å². The first kappa shape index (κ1) is 13.3. The Labute approximate surface area is 124 Å². The molecule has 1 amide bonds. The van der Waals surface area contributed by atoms with Gasteiger partial charge in [0.2, 0.25) is 17.7 Å². The van der Waals surface area contributed by atoms with Crippen LogP contribution < -0.4 is 5.32 Å². The van der Waals surface area contributed by atoms with Gasteiger partial charge in [0.15, 0.2) is 0 Å². The van der Waals surface area contributed by atoms with E-state index in [9.17, 15) is 4.79 Å². The van der Waals surface area contributed by atoms with Gasteiger partial charge in [0.25, 0.3) is 0 Å². The quantitative estimate of drug-likeness (QED) is 0.932. The number of carbonyl (C=O) groups is 1. The van der Waals surface area contributed by atoms with Gasteiger partial charge in [0.1, 0.15) is 0 Å². The zero-order chi connectivity index (χ0) is 13.9. The number of benzene rings is 1. The maximum absolute atomic E-state index is 11.7. The lowest BCUT2D eigenvalue weighted by Gasteiger charge is -2.23. The summed E-state index contributed by atoms with van der Waals surface area (Å²) in [5.74, 6) is 1.13. The Morgan fingerprint density at radius 3 is 2.95 bits per heavy atom. The largest absolute Gasteiger partial charge is 0.419 e. The number of amides is 1. The fraction of sp³-hybridized carbons (Fsp3) is 0.357. The Morgan fingerprint density at radius 2 is 2.25 bits per heavy atom. The number of aromatic nitrogens is 2. The Hall–Kier alpha value is -1.69. The van der Waals surface area contributed by atoms with Gasteiger partial charge in [-0.15, -0.1) is 10.2 Å². The zero-order valence-corrected chi connectivity index (χ0v) is 12.4. The normalized spacial score (nSPS) is 14.8. The first-order chi connectivity index (χ1) is 9.72. The molecule has 1 N–H and O–H groups in total. The predicted molar refractivity (Wildman–Crippen MR) is 76.6 cm³/mol. The highest BCUT2D eigenvalue weighted by Crippen LogP contribution is 2.26. The first-order valence-electron chi connectivity index (χ1n) is 6.58. The van der Waals surface area contributed by atoms with E-state index in [4.69, 9.17) is 4.42 Å². The lowest BCUT2D eigenvalue weighted by atomic mass is 9.85. The van der Waals surface area contributed by atoms with Crippen LogP contribution in [0.15, 0.2) is 33.2 Å². The predicted octanol–water partition coefficient (Wildman–Crippen LogP) is 2.92. The SMILES string of the molecule is O=C(NCc1nnc(-c2cccc(Br)c2)o1)C1CCC1. The molecule has 0 unspecified atom stereocenters. The molecule has 1 aliphatic carbocycles. The van der Waals surface area contributed by atoms with Crippen LogP contribution in [0.4, 0.5) is 0 Å². The highest BCUT2D eigenvalue weighted by atomic mass is 79.9. The molecule has 0 atom stereocenters. The molecule has 0 spiro atoms. The van der Waals surface area contributed by atoms with Crippen molar-refractivity contribution in [3.63, 3.8) is 0 Å². The minimum Gasteiger partial charge on any atom is -0.419 e. The molecule has 0 radical (unpaired) electrons. The molecule has 0 aliphatic heterocycles. The van der Waals surface area contributed by atoms with Crippen LogP contribution in [0.2, 0.25) is 0 Å². The molecular weight excluding hydrogens is 322 g/mol. The summed E-state index contributed by atoms with van der Waals surface area (Å²) in [4.78, 5) is 11.7. The van der Waals surface area contributed by atoms with Crippen LogP contribution in [0.5, 0.6) is 0 Å². The monoisotopic (exact) mass is 335 g/mol. The molecule has 1 heterocycles. The maximum Gasteiger partial charge on any atom is 0.247 e. The van der Waals surface area contributed by atoms with E-state index in [0.717, 1.165) is 29.3 Å². The van der Waals surface area contributed by atoms with E-state index in [-0.39, 0.29) is 18.4 Å². The van der Waals surface area contributed by atoms with Crippen LogP contribution in [0, 0.1) is 5.92 Å². The number of hydrogen-bond donors (Lipinski definition) is 1. The molecule has 6 heteroatoms. The van der Waals surface area contributed by atoms with Crippen molar-refractivity contribution in [1.82, 2.24) is 15.5 Å². The number of hydrogen-bond acceptors (Lipinski definition) is 4. The average Bonchev–Trinajstić information content (AvgIpc) is 2.83. The van der Waals surface area contributed by atoms with Gasteiger partial charge in [-0.25, -0.2) is 0 Å². The van der Waals surface area contributed by atoms with E-state index in [1.54, 1.807) is 0 Å². The van der Waals surface area contributed by atoms with Gasteiger partial charge in [0, 0.05) is 16.0 Å². The number of nitrogens with zero attached hydrogens (tertiary/aromatic N) is 2. The number of nitrogens with one attached hydrogen (secondary N) is 1. The molecule has 104 valence electrons. The number of halogens is 1. The second kappa shape index (κ2) is 5.75. The van der Waals surface area contributed by atoms with Crippen LogP contribution in [0.1, 0.15) is 25.2 Å². The highest BCUT2D eigenvalue weighted by Gasteiger charge is 2.25. The maximum atomic E-state index is 11.7. The fourth-order valence-corrected chi connectivity index (χ4v) is 2.44. The molecule has 3 rings (SSSR count). The molecule has 0 saturated heterocycles. The topological polar surface area (TPSA) is 68.0 Å². The minimum absolute atomic E-state index is 0.0819. The Bertz CT molecular complexity index is 622. The van der Waals surface area contributed by atoms with Crippen LogP contribution >= 0.6 is 15.9 Å². The summed E-state index contributed by atoms with van der Waals surface area (Å²) in [5.41, 5.74) is 0.850. The summed E-state index contributed by atoms with van der Waals surface area (Å²) in [6, 6.07) is 7.64. The van der Waals surface area contributed by atoms with E-state index in [1.165, 1.54) is 0 Å². The smallest absolute Gasteiger partial charge is 0.247 e. The van der Waals surface area contributed by atoms with Crippen molar-refractivity contribution in [2.24, 2.45) is 5.92 Å². The molecule has 1 fully saturated rings. The number of rotatable bonds is 4. The standard InChI is InChI=1S/C14H14BrN3O2/c15-11-6-2-5-10(7-11)14-18-17-12(20-14)8-16-13(19)9-3-1-4-9/h2,5-7,9H,1,3-4,8H2,(H,16,19). The van der Waals surface area contributed by atoms with Gasteiger partial charge < -0.3 is 9.73 Å². The van der Waals surface area contributed by atoms with E-state index in [2.05, 4.69) is 31.4 Å². The van der Waals surface area contributed by atoms with Crippen molar-refractivity contribution in [2.45, 2.75) is 25.8 Å². The molecular formula is C14H14BrN3O2. The van der Waals surface area contributed by atoms with Crippen molar-refractivity contribution < 1.29 is 9.21 Å². The van der Waals surface area contributed by atoms with E-state index >= 15 is 0 Å². The molecule has 1 saturated carbocycles. The third-order valence-corrected chi connectivity index (χ3v) is 3.92. The lowest BCUT2D eigenvalue weighted by Crippen LogP contribution is -2.34. The Morgan fingerprint density at radius 1 is 1.40 bits per heavy atom. The fourth-order valence-electron chi connectivity index (χ4n) is 2.04. The molecule has 0 bridgehead atoms. The molecule has 1 aromatic heterocycles. The molecule has 20 heavy (non-hydrogen) atoms. The van der Waals surface area contributed by atoms with Crippen molar-refractivity contribution >= 4 is 21.8 Å². The average molecular weight is 336 g/mol. The van der Waals surface area contributed by atoms with Gasteiger partial charge in [0.05, 0.1) is 6.54 Å². The summed E-state index contributed by atoms with van der Waals surface area (Å²) >= 11 is 3.40. The Kier molecular flexibility index (Phi) is 3.82. The number of carbonyl (C=O) groups excluding carboxylic acids is 1. The zero-order valence-electron chi connectivity index (χ0n) is 10.8. The summed E-state index contributed by atoms with van der Waals surface area (Å²) < 4.78 is 6.50. The van der Waals surface area contributed by atoms with Crippen molar-refractivity contribution in [3.8, 4) is 11.5 Å². The third-order valence-electron chi connectivity index (χ3n) is 3.43. The van der Waals surface area contributed by atoms with Gasteiger partial charge in [-0.05, 0) is 31.0 Å². The van der Waals surface area contributed by atoms with Crippen molar-refractivity contribution in [3.05, 3.63) is 34.6 Å². The van der Waals surface area contributed by atoms with Crippen LogP contribution in [-0.4, -0.2) is 16.1 Å². The molecule has 1 aromatic carbocycles. The first-order valence-corrected chi connectivity index (χ1v) is 7.38. The summed E-state index contributed by atoms with van der Waals surface area (Å²) in [5, 5.41) is 10.8. The minimum atomic E-state index is 0.0819. The Balaban J connectivity index is 1.63. The van der Waals surface area contributed by atoms with Gasteiger partial charge in [-0.1, -0.05) is 28.4 Å². The molecule has 2 aromatic rings.